The summed E-state index contributed by atoms with van der Waals surface area (Å²) in [4.78, 5) is 4.44. The Hall–Kier alpha value is -0.940. The summed E-state index contributed by atoms with van der Waals surface area (Å²) in [7, 11) is -4.27. The van der Waals surface area contributed by atoms with Crippen molar-refractivity contribution in [2.24, 2.45) is 0 Å². The van der Waals surface area contributed by atoms with Crippen molar-refractivity contribution >= 4 is 10.1 Å². The highest BCUT2D eigenvalue weighted by atomic mass is 32.2. The van der Waals surface area contributed by atoms with E-state index in [1.165, 1.54) is 0 Å². The second-order valence-electron chi connectivity index (χ2n) is 6.98. The maximum atomic E-state index is 11.6. The Bertz CT molecular complexity index is 590. The third kappa shape index (κ3) is 3.54. The quantitative estimate of drug-likeness (QED) is 0.804. The minimum atomic E-state index is -4.27. The lowest BCUT2D eigenvalue weighted by atomic mass is 9.86. The molecule has 0 aromatic carbocycles. The lowest BCUT2D eigenvalue weighted by Crippen LogP contribution is -2.24. The number of hydrogen-bond acceptors (Lipinski definition) is 3. The molecule has 0 radical (unpaired) electrons. The van der Waals surface area contributed by atoms with Crippen molar-refractivity contribution in [1.82, 2.24) is 4.98 Å². The fourth-order valence-corrected chi connectivity index (χ4v) is 2.94. The Kier molecular flexibility index (Phi) is 3.87. The first-order valence-corrected chi connectivity index (χ1v) is 7.68. The summed E-state index contributed by atoms with van der Waals surface area (Å²) >= 11 is 0. The van der Waals surface area contributed by atoms with Gasteiger partial charge in [0.05, 0.1) is 5.69 Å². The summed E-state index contributed by atoms with van der Waals surface area (Å²) in [6, 6.07) is 1.73. The van der Waals surface area contributed by atoms with Crippen LogP contribution in [0.2, 0.25) is 0 Å². The molecule has 1 aromatic rings. The summed E-state index contributed by atoms with van der Waals surface area (Å²) in [6.07, 6.45) is 0. The van der Waals surface area contributed by atoms with Crippen LogP contribution < -0.4 is 0 Å². The predicted octanol–water partition coefficient (Wildman–Crippen LogP) is 3.23. The lowest BCUT2D eigenvalue weighted by Gasteiger charge is -2.26. The Balaban J connectivity index is 3.79. The van der Waals surface area contributed by atoms with Gasteiger partial charge in [-0.15, -0.1) is 0 Å². The molecule has 0 bridgehead atoms. The van der Waals surface area contributed by atoms with E-state index in [-0.39, 0.29) is 10.3 Å². The molecule has 0 fully saturated rings. The Labute approximate surface area is 116 Å². The zero-order chi connectivity index (χ0) is 15.2. The van der Waals surface area contributed by atoms with Crippen LogP contribution in [-0.4, -0.2) is 18.0 Å². The minimum absolute atomic E-state index is 0.0620. The molecule has 1 N–H and O–H groups in total. The number of aromatic nitrogens is 1. The SMILES string of the molecule is Cc1cc(C(C)(C)C)nc(C(C)(C)C)c1S(=O)(=O)O. The molecule has 0 amide bonds. The molecule has 0 aliphatic rings. The number of pyridine rings is 1. The lowest BCUT2D eigenvalue weighted by molar-refractivity contribution is 0.467. The van der Waals surface area contributed by atoms with Crippen molar-refractivity contribution in [3.63, 3.8) is 0 Å². The molecule has 0 saturated heterocycles. The second-order valence-corrected chi connectivity index (χ2v) is 8.34. The molecule has 1 rings (SSSR count). The average Bonchev–Trinajstić information content (AvgIpc) is 2.11. The number of aryl methyl sites for hydroxylation is 1. The van der Waals surface area contributed by atoms with Crippen molar-refractivity contribution in [2.45, 2.75) is 64.2 Å². The molecule has 0 aliphatic carbocycles. The van der Waals surface area contributed by atoms with E-state index >= 15 is 0 Å². The van der Waals surface area contributed by atoms with Gasteiger partial charge in [0, 0.05) is 16.5 Å². The standard InChI is InChI=1S/C14H23NO3S/c1-9-8-10(13(2,3)4)15-12(14(5,6)7)11(9)19(16,17)18/h8H,1-7H3,(H,16,17,18). The fraction of sp³-hybridized carbons (Fsp3) is 0.643. The smallest absolute Gasteiger partial charge is 0.282 e. The molecule has 5 heteroatoms. The Morgan fingerprint density at radius 2 is 1.53 bits per heavy atom. The van der Waals surface area contributed by atoms with E-state index in [0.717, 1.165) is 5.69 Å². The third-order valence-electron chi connectivity index (χ3n) is 2.90. The van der Waals surface area contributed by atoms with Gasteiger partial charge in [-0.05, 0) is 18.6 Å². The highest BCUT2D eigenvalue weighted by Gasteiger charge is 2.30. The molecular formula is C14H23NO3S. The molecule has 1 heterocycles. The molecule has 19 heavy (non-hydrogen) atoms. The van der Waals surface area contributed by atoms with Crippen LogP contribution in [0.5, 0.6) is 0 Å². The maximum absolute atomic E-state index is 11.6. The maximum Gasteiger partial charge on any atom is 0.296 e. The highest BCUT2D eigenvalue weighted by Crippen LogP contribution is 2.32. The van der Waals surface area contributed by atoms with E-state index in [1.807, 2.05) is 41.5 Å². The van der Waals surface area contributed by atoms with Crippen molar-refractivity contribution in [3.05, 3.63) is 23.0 Å². The molecule has 108 valence electrons. The van der Waals surface area contributed by atoms with Gasteiger partial charge in [0.25, 0.3) is 10.1 Å². The Morgan fingerprint density at radius 1 is 1.05 bits per heavy atom. The summed E-state index contributed by atoms with van der Waals surface area (Å²) < 4.78 is 32.6. The minimum Gasteiger partial charge on any atom is -0.282 e. The number of hydrogen-bond donors (Lipinski definition) is 1. The van der Waals surface area contributed by atoms with Gasteiger partial charge in [-0.3, -0.25) is 9.54 Å². The van der Waals surface area contributed by atoms with Crippen LogP contribution in [0, 0.1) is 6.92 Å². The van der Waals surface area contributed by atoms with Gasteiger partial charge >= 0.3 is 0 Å². The van der Waals surface area contributed by atoms with Gasteiger partial charge in [0.2, 0.25) is 0 Å². The van der Waals surface area contributed by atoms with E-state index in [9.17, 15) is 13.0 Å². The van der Waals surface area contributed by atoms with Gasteiger partial charge in [0.15, 0.2) is 0 Å². The molecule has 0 unspecified atom stereocenters. The first-order chi connectivity index (χ1) is 8.24. The molecule has 1 aromatic heterocycles. The van der Waals surface area contributed by atoms with Crippen molar-refractivity contribution < 1.29 is 13.0 Å². The van der Waals surface area contributed by atoms with Crippen molar-refractivity contribution in [3.8, 4) is 0 Å². The normalized spacial score (nSPS) is 13.7. The van der Waals surface area contributed by atoms with Crippen molar-refractivity contribution in [2.75, 3.05) is 0 Å². The van der Waals surface area contributed by atoms with Crippen LogP contribution in [0.4, 0.5) is 0 Å². The van der Waals surface area contributed by atoms with E-state index in [4.69, 9.17) is 0 Å². The molecule has 0 atom stereocenters. The monoisotopic (exact) mass is 285 g/mol. The summed E-state index contributed by atoms with van der Waals surface area (Å²) in [5.41, 5.74) is 1.13. The summed E-state index contributed by atoms with van der Waals surface area (Å²) in [5, 5.41) is 0. The van der Waals surface area contributed by atoms with E-state index in [2.05, 4.69) is 4.98 Å². The average molecular weight is 285 g/mol. The topological polar surface area (TPSA) is 67.3 Å². The zero-order valence-corrected chi connectivity index (χ0v) is 13.5. The van der Waals surface area contributed by atoms with Gasteiger partial charge in [-0.2, -0.15) is 8.42 Å². The number of rotatable bonds is 1. The first-order valence-electron chi connectivity index (χ1n) is 6.24. The fourth-order valence-electron chi connectivity index (χ4n) is 1.88. The molecule has 4 nitrogen and oxygen atoms in total. The van der Waals surface area contributed by atoms with E-state index < -0.39 is 15.5 Å². The van der Waals surface area contributed by atoms with Crippen LogP contribution >= 0.6 is 0 Å². The molecular weight excluding hydrogens is 262 g/mol. The highest BCUT2D eigenvalue weighted by molar-refractivity contribution is 7.86. The predicted molar refractivity (Wildman–Crippen MR) is 76.2 cm³/mol. The van der Waals surface area contributed by atoms with Crippen LogP contribution in [0.3, 0.4) is 0 Å². The second kappa shape index (κ2) is 4.56. The van der Waals surface area contributed by atoms with Gasteiger partial charge in [-0.25, -0.2) is 0 Å². The summed E-state index contributed by atoms with van der Waals surface area (Å²) in [5.74, 6) is 0. The van der Waals surface area contributed by atoms with Crippen molar-refractivity contribution in [1.29, 1.82) is 0 Å². The largest absolute Gasteiger partial charge is 0.296 e. The zero-order valence-electron chi connectivity index (χ0n) is 12.7. The van der Waals surface area contributed by atoms with Crippen LogP contribution in [-0.2, 0) is 20.9 Å². The van der Waals surface area contributed by atoms with Crippen LogP contribution in [0.25, 0.3) is 0 Å². The molecule has 0 spiro atoms. The Morgan fingerprint density at radius 3 is 1.84 bits per heavy atom. The van der Waals surface area contributed by atoms with Gasteiger partial charge in [-0.1, -0.05) is 41.5 Å². The van der Waals surface area contributed by atoms with Crippen LogP contribution in [0.15, 0.2) is 11.0 Å². The molecule has 0 aliphatic heterocycles. The first kappa shape index (κ1) is 16.1. The van der Waals surface area contributed by atoms with Gasteiger partial charge < -0.3 is 0 Å². The summed E-state index contributed by atoms with van der Waals surface area (Å²) in [6.45, 7) is 13.4. The number of nitrogens with zero attached hydrogens (tertiary/aromatic N) is 1. The van der Waals surface area contributed by atoms with E-state index in [1.54, 1.807) is 13.0 Å². The molecule has 0 saturated carbocycles. The van der Waals surface area contributed by atoms with Crippen LogP contribution in [0.1, 0.15) is 58.5 Å². The van der Waals surface area contributed by atoms with E-state index in [0.29, 0.717) is 11.3 Å². The van der Waals surface area contributed by atoms with Gasteiger partial charge in [0.1, 0.15) is 4.90 Å². The third-order valence-corrected chi connectivity index (χ3v) is 3.93.